The topological polar surface area (TPSA) is 94.1 Å². The predicted octanol–water partition coefficient (Wildman–Crippen LogP) is 2.18. The second-order valence-electron chi connectivity index (χ2n) is 6.20. The molecule has 0 amide bonds. The number of benzene rings is 2. The predicted molar refractivity (Wildman–Crippen MR) is 95.9 cm³/mol. The highest BCUT2D eigenvalue weighted by Gasteiger charge is 2.25. The summed E-state index contributed by atoms with van der Waals surface area (Å²) in [5.74, 6) is 0. The summed E-state index contributed by atoms with van der Waals surface area (Å²) in [5.41, 5.74) is 8.53. The lowest BCUT2D eigenvalue weighted by Gasteiger charge is -2.25. The highest BCUT2D eigenvalue weighted by atomic mass is 32.2. The maximum atomic E-state index is 12.7. The fourth-order valence-corrected chi connectivity index (χ4v) is 4.57. The van der Waals surface area contributed by atoms with Crippen molar-refractivity contribution in [3.05, 3.63) is 42.5 Å². The molecule has 0 bridgehead atoms. The Labute approximate surface area is 146 Å². The van der Waals surface area contributed by atoms with Crippen LogP contribution in [0.1, 0.15) is 19.3 Å². The van der Waals surface area contributed by atoms with Gasteiger partial charge in [-0.25, -0.2) is 8.42 Å². The molecule has 2 N–H and O–H groups in total. The lowest BCUT2D eigenvalue weighted by molar-refractivity contribution is 0.346. The number of nitrogens with zero attached hydrogens (tertiary/aromatic N) is 4. The molecule has 0 radical (unpaired) electrons. The molecule has 3 aromatic rings. The second-order valence-corrected chi connectivity index (χ2v) is 8.13. The Kier molecular flexibility index (Phi) is 3.93. The van der Waals surface area contributed by atoms with E-state index in [-0.39, 0.29) is 0 Å². The van der Waals surface area contributed by atoms with Gasteiger partial charge in [0.15, 0.2) is 0 Å². The van der Waals surface area contributed by atoms with Gasteiger partial charge in [0, 0.05) is 18.8 Å². The van der Waals surface area contributed by atoms with E-state index in [9.17, 15) is 8.42 Å². The Balaban J connectivity index is 1.64. The lowest BCUT2D eigenvalue weighted by atomic mass is 10.2. The Bertz CT molecular complexity index is 1010. The number of piperidine rings is 1. The summed E-state index contributed by atoms with van der Waals surface area (Å²) >= 11 is 0. The molecule has 1 aromatic heterocycles. The molecule has 2 heterocycles. The molecule has 0 unspecified atom stereocenters. The maximum absolute atomic E-state index is 12.7. The quantitative estimate of drug-likeness (QED) is 0.725. The number of fused-ring (bicyclic) bond motifs is 1. The second kappa shape index (κ2) is 6.12. The van der Waals surface area contributed by atoms with Crippen LogP contribution in [0.5, 0.6) is 0 Å². The van der Waals surface area contributed by atoms with E-state index >= 15 is 0 Å². The summed E-state index contributed by atoms with van der Waals surface area (Å²) in [7, 11) is -3.42. The lowest BCUT2D eigenvalue weighted by Crippen LogP contribution is -2.35. The van der Waals surface area contributed by atoms with Crippen LogP contribution in [0.4, 0.5) is 5.69 Å². The van der Waals surface area contributed by atoms with Crippen LogP contribution in [0.2, 0.25) is 0 Å². The van der Waals surface area contributed by atoms with E-state index in [0.29, 0.717) is 34.9 Å². The Hall–Kier alpha value is -2.45. The monoisotopic (exact) mass is 357 g/mol. The van der Waals surface area contributed by atoms with Crippen LogP contribution in [0.15, 0.2) is 47.4 Å². The highest BCUT2D eigenvalue weighted by molar-refractivity contribution is 7.89. The van der Waals surface area contributed by atoms with E-state index in [1.165, 1.54) is 4.80 Å². The largest absolute Gasteiger partial charge is 0.399 e. The summed E-state index contributed by atoms with van der Waals surface area (Å²) in [6.07, 6.45) is 2.93. The summed E-state index contributed by atoms with van der Waals surface area (Å²) < 4.78 is 26.9. The van der Waals surface area contributed by atoms with E-state index in [2.05, 4.69) is 10.2 Å². The van der Waals surface area contributed by atoms with Gasteiger partial charge in [-0.1, -0.05) is 6.42 Å². The van der Waals surface area contributed by atoms with Crippen molar-refractivity contribution in [2.75, 3.05) is 18.8 Å². The van der Waals surface area contributed by atoms with Crippen LogP contribution in [-0.4, -0.2) is 40.8 Å². The first-order valence-corrected chi connectivity index (χ1v) is 9.71. The zero-order valence-electron chi connectivity index (χ0n) is 13.7. The summed E-state index contributed by atoms with van der Waals surface area (Å²) in [5, 5.41) is 8.79. The van der Waals surface area contributed by atoms with Gasteiger partial charge in [-0.2, -0.15) is 9.10 Å². The maximum Gasteiger partial charge on any atom is 0.243 e. The molecule has 130 valence electrons. The van der Waals surface area contributed by atoms with Crippen molar-refractivity contribution in [3.63, 3.8) is 0 Å². The third-order valence-electron chi connectivity index (χ3n) is 4.42. The molecule has 1 aliphatic rings. The Morgan fingerprint density at radius 3 is 2.28 bits per heavy atom. The van der Waals surface area contributed by atoms with Crippen molar-refractivity contribution in [1.29, 1.82) is 0 Å². The number of hydrogen-bond donors (Lipinski definition) is 1. The van der Waals surface area contributed by atoms with Gasteiger partial charge in [0.05, 0.1) is 10.6 Å². The number of rotatable bonds is 3. The molecule has 0 atom stereocenters. The Morgan fingerprint density at radius 1 is 0.880 bits per heavy atom. The molecule has 1 fully saturated rings. The first-order valence-electron chi connectivity index (χ1n) is 8.27. The minimum atomic E-state index is -3.42. The van der Waals surface area contributed by atoms with E-state index in [1.807, 2.05) is 6.07 Å². The zero-order valence-corrected chi connectivity index (χ0v) is 14.5. The normalized spacial score (nSPS) is 16.3. The molecule has 0 saturated carbocycles. The van der Waals surface area contributed by atoms with E-state index < -0.39 is 10.0 Å². The van der Waals surface area contributed by atoms with Gasteiger partial charge in [-0.3, -0.25) is 0 Å². The molecule has 1 saturated heterocycles. The standard InChI is InChI=1S/C17H19N5O2S/c18-13-4-9-16-17(12-13)20-22(19-16)14-5-7-15(8-6-14)25(23,24)21-10-2-1-3-11-21/h4-9,12H,1-3,10-11,18H2. The van der Waals surface area contributed by atoms with Crippen LogP contribution < -0.4 is 5.73 Å². The van der Waals surface area contributed by atoms with Crippen molar-refractivity contribution in [3.8, 4) is 5.69 Å². The highest BCUT2D eigenvalue weighted by Crippen LogP contribution is 2.22. The molecule has 0 aliphatic carbocycles. The van der Waals surface area contributed by atoms with Gasteiger partial charge in [-0.15, -0.1) is 10.2 Å². The first kappa shape index (κ1) is 16.0. The van der Waals surface area contributed by atoms with Gasteiger partial charge in [-0.05, 0) is 55.3 Å². The molecule has 2 aromatic carbocycles. The van der Waals surface area contributed by atoms with Crippen molar-refractivity contribution in [2.45, 2.75) is 24.2 Å². The van der Waals surface area contributed by atoms with Crippen LogP contribution >= 0.6 is 0 Å². The van der Waals surface area contributed by atoms with E-state index in [1.54, 1.807) is 40.7 Å². The Morgan fingerprint density at radius 2 is 1.56 bits per heavy atom. The third kappa shape index (κ3) is 2.98. The molecular weight excluding hydrogens is 338 g/mol. The molecule has 4 rings (SSSR count). The molecule has 1 aliphatic heterocycles. The molecule has 7 nitrogen and oxygen atoms in total. The van der Waals surface area contributed by atoms with E-state index in [0.717, 1.165) is 24.8 Å². The summed E-state index contributed by atoms with van der Waals surface area (Å²) in [6.45, 7) is 1.19. The minimum absolute atomic E-state index is 0.305. The van der Waals surface area contributed by atoms with Gasteiger partial charge in [0.25, 0.3) is 0 Å². The number of hydrogen-bond acceptors (Lipinski definition) is 5. The number of nitrogens with two attached hydrogens (primary N) is 1. The summed E-state index contributed by atoms with van der Waals surface area (Å²) in [6, 6.07) is 12.0. The van der Waals surface area contributed by atoms with Crippen LogP contribution in [0.25, 0.3) is 16.7 Å². The van der Waals surface area contributed by atoms with Crippen molar-refractivity contribution < 1.29 is 8.42 Å². The van der Waals surface area contributed by atoms with E-state index in [4.69, 9.17) is 5.73 Å². The number of sulfonamides is 1. The minimum Gasteiger partial charge on any atom is -0.399 e. The molecule has 25 heavy (non-hydrogen) atoms. The summed E-state index contributed by atoms with van der Waals surface area (Å²) in [4.78, 5) is 1.79. The van der Waals surface area contributed by atoms with Gasteiger partial charge < -0.3 is 5.73 Å². The number of nitrogen functional groups attached to an aromatic ring is 1. The average Bonchev–Trinajstić information content (AvgIpc) is 3.06. The zero-order chi connectivity index (χ0) is 17.4. The number of aromatic nitrogens is 3. The molecule has 0 spiro atoms. The van der Waals surface area contributed by atoms with Crippen molar-refractivity contribution >= 4 is 26.7 Å². The molecule has 8 heteroatoms. The van der Waals surface area contributed by atoms with Crippen LogP contribution in [0, 0.1) is 0 Å². The molecular formula is C17H19N5O2S. The fraction of sp³-hybridized carbons (Fsp3) is 0.294. The average molecular weight is 357 g/mol. The van der Waals surface area contributed by atoms with Gasteiger partial charge in [0.1, 0.15) is 11.0 Å². The van der Waals surface area contributed by atoms with Crippen molar-refractivity contribution in [1.82, 2.24) is 19.3 Å². The number of anilines is 1. The fourth-order valence-electron chi connectivity index (χ4n) is 3.05. The third-order valence-corrected chi connectivity index (χ3v) is 6.34. The van der Waals surface area contributed by atoms with Crippen LogP contribution in [0.3, 0.4) is 0 Å². The van der Waals surface area contributed by atoms with Crippen LogP contribution in [-0.2, 0) is 10.0 Å². The van der Waals surface area contributed by atoms with Gasteiger partial charge in [0.2, 0.25) is 10.0 Å². The van der Waals surface area contributed by atoms with Crippen molar-refractivity contribution in [2.24, 2.45) is 0 Å². The first-order chi connectivity index (χ1) is 12.0. The van der Waals surface area contributed by atoms with Gasteiger partial charge >= 0.3 is 0 Å². The smallest absolute Gasteiger partial charge is 0.243 e. The SMILES string of the molecule is Nc1ccc2nn(-c3ccc(S(=O)(=O)N4CCCCC4)cc3)nc2c1.